The Hall–Kier alpha value is -2.62. The number of benzene rings is 2. The number of fused-ring (bicyclic) bond motifs is 1. The SMILES string of the molecule is CC(=O)Nc1cccc(C(=O)N(C)C2CCc3ccccc32)c1. The van der Waals surface area contributed by atoms with Gasteiger partial charge in [0.05, 0.1) is 6.04 Å². The van der Waals surface area contributed by atoms with Crippen LogP contribution >= 0.6 is 0 Å². The van der Waals surface area contributed by atoms with Gasteiger partial charge in [-0.05, 0) is 42.2 Å². The van der Waals surface area contributed by atoms with Crippen molar-refractivity contribution in [1.29, 1.82) is 0 Å². The summed E-state index contributed by atoms with van der Waals surface area (Å²) in [7, 11) is 1.85. The first-order chi connectivity index (χ1) is 11.1. The third kappa shape index (κ3) is 3.11. The quantitative estimate of drug-likeness (QED) is 0.944. The molecule has 0 aliphatic heterocycles. The zero-order valence-electron chi connectivity index (χ0n) is 13.4. The van der Waals surface area contributed by atoms with Gasteiger partial charge in [0.1, 0.15) is 0 Å². The van der Waals surface area contributed by atoms with E-state index in [1.54, 1.807) is 29.2 Å². The van der Waals surface area contributed by atoms with E-state index in [2.05, 4.69) is 17.4 Å². The predicted molar refractivity (Wildman–Crippen MR) is 90.3 cm³/mol. The lowest BCUT2D eigenvalue weighted by molar-refractivity contribution is -0.114. The number of rotatable bonds is 3. The maximum atomic E-state index is 12.8. The van der Waals surface area contributed by atoms with Crippen molar-refractivity contribution in [3.05, 3.63) is 65.2 Å². The van der Waals surface area contributed by atoms with Gasteiger partial charge in [0, 0.05) is 25.2 Å². The van der Waals surface area contributed by atoms with Crippen molar-refractivity contribution in [2.24, 2.45) is 0 Å². The molecule has 0 bridgehead atoms. The average molecular weight is 308 g/mol. The number of aryl methyl sites for hydroxylation is 1. The van der Waals surface area contributed by atoms with Crippen molar-refractivity contribution >= 4 is 17.5 Å². The first-order valence-corrected chi connectivity index (χ1v) is 7.79. The topological polar surface area (TPSA) is 49.4 Å². The van der Waals surface area contributed by atoms with Gasteiger partial charge in [0.25, 0.3) is 5.91 Å². The second-order valence-corrected chi connectivity index (χ2v) is 5.93. The summed E-state index contributed by atoms with van der Waals surface area (Å²) < 4.78 is 0. The molecule has 0 radical (unpaired) electrons. The normalized spacial score (nSPS) is 15.8. The van der Waals surface area contributed by atoms with Crippen LogP contribution in [0, 0.1) is 0 Å². The maximum absolute atomic E-state index is 12.8. The second-order valence-electron chi connectivity index (χ2n) is 5.93. The van der Waals surface area contributed by atoms with Crippen LogP contribution in [0.4, 0.5) is 5.69 Å². The van der Waals surface area contributed by atoms with E-state index < -0.39 is 0 Å². The first kappa shape index (κ1) is 15.3. The standard InChI is InChI=1S/C19H20N2O2/c1-13(22)20-16-8-5-7-15(12-16)19(23)21(2)18-11-10-14-6-3-4-9-17(14)18/h3-9,12,18H,10-11H2,1-2H3,(H,20,22). The van der Waals surface area contributed by atoms with E-state index in [1.165, 1.54) is 18.1 Å². The van der Waals surface area contributed by atoms with Gasteiger partial charge in [-0.25, -0.2) is 0 Å². The Labute approximate surface area is 136 Å². The van der Waals surface area contributed by atoms with Crippen LogP contribution in [-0.2, 0) is 11.2 Å². The van der Waals surface area contributed by atoms with E-state index in [0.29, 0.717) is 11.3 Å². The number of nitrogens with zero attached hydrogens (tertiary/aromatic N) is 1. The molecule has 0 saturated heterocycles. The zero-order valence-corrected chi connectivity index (χ0v) is 13.4. The van der Waals surface area contributed by atoms with Crippen molar-refractivity contribution in [3.63, 3.8) is 0 Å². The Morgan fingerprint density at radius 2 is 1.91 bits per heavy atom. The van der Waals surface area contributed by atoms with E-state index in [9.17, 15) is 9.59 Å². The highest BCUT2D eigenvalue weighted by Gasteiger charge is 2.28. The summed E-state index contributed by atoms with van der Waals surface area (Å²) in [4.78, 5) is 25.8. The molecular formula is C19H20N2O2. The molecule has 0 fully saturated rings. The van der Waals surface area contributed by atoms with E-state index >= 15 is 0 Å². The summed E-state index contributed by atoms with van der Waals surface area (Å²) in [6, 6.07) is 15.5. The van der Waals surface area contributed by atoms with Crippen LogP contribution in [-0.4, -0.2) is 23.8 Å². The number of amides is 2. The number of carbonyl (C=O) groups is 2. The Kier molecular flexibility index (Phi) is 4.15. The summed E-state index contributed by atoms with van der Waals surface area (Å²) in [5.41, 5.74) is 3.79. The first-order valence-electron chi connectivity index (χ1n) is 7.79. The van der Waals surface area contributed by atoms with Gasteiger partial charge >= 0.3 is 0 Å². The van der Waals surface area contributed by atoms with E-state index in [4.69, 9.17) is 0 Å². The largest absolute Gasteiger partial charge is 0.335 e. The fourth-order valence-electron chi connectivity index (χ4n) is 3.22. The fourth-order valence-corrected chi connectivity index (χ4v) is 3.22. The van der Waals surface area contributed by atoms with Gasteiger partial charge in [-0.15, -0.1) is 0 Å². The number of carbonyl (C=O) groups excluding carboxylic acids is 2. The van der Waals surface area contributed by atoms with Gasteiger partial charge < -0.3 is 10.2 Å². The van der Waals surface area contributed by atoms with Crippen molar-refractivity contribution in [1.82, 2.24) is 4.90 Å². The number of hydrogen-bond donors (Lipinski definition) is 1. The molecular weight excluding hydrogens is 288 g/mol. The molecule has 2 aromatic carbocycles. The molecule has 2 aromatic rings. The number of anilines is 1. The molecule has 1 N–H and O–H groups in total. The van der Waals surface area contributed by atoms with Crippen LogP contribution in [0.5, 0.6) is 0 Å². The lowest BCUT2D eigenvalue weighted by Gasteiger charge is -2.25. The van der Waals surface area contributed by atoms with Crippen molar-refractivity contribution in [3.8, 4) is 0 Å². The zero-order chi connectivity index (χ0) is 16.4. The van der Waals surface area contributed by atoms with Gasteiger partial charge in [-0.2, -0.15) is 0 Å². The molecule has 2 amide bonds. The predicted octanol–water partition coefficient (Wildman–Crippen LogP) is 3.40. The molecule has 1 aliphatic rings. The number of nitrogens with one attached hydrogen (secondary N) is 1. The van der Waals surface area contributed by atoms with Crippen LogP contribution in [0.3, 0.4) is 0 Å². The molecule has 0 saturated carbocycles. The summed E-state index contributed by atoms with van der Waals surface area (Å²) in [5, 5.41) is 2.71. The Morgan fingerprint density at radius 3 is 2.70 bits per heavy atom. The van der Waals surface area contributed by atoms with E-state index in [0.717, 1.165) is 12.8 Å². The third-order valence-electron chi connectivity index (χ3n) is 4.32. The molecule has 3 rings (SSSR count). The minimum atomic E-state index is -0.146. The lowest BCUT2D eigenvalue weighted by atomic mass is 10.1. The Balaban J connectivity index is 1.82. The van der Waals surface area contributed by atoms with Crippen LogP contribution in [0.25, 0.3) is 0 Å². The van der Waals surface area contributed by atoms with E-state index in [-0.39, 0.29) is 17.9 Å². The smallest absolute Gasteiger partial charge is 0.254 e. The van der Waals surface area contributed by atoms with Gasteiger partial charge in [0.2, 0.25) is 5.91 Å². The molecule has 118 valence electrons. The molecule has 1 aliphatic carbocycles. The molecule has 0 heterocycles. The monoisotopic (exact) mass is 308 g/mol. The van der Waals surface area contributed by atoms with Gasteiger partial charge in [0.15, 0.2) is 0 Å². The lowest BCUT2D eigenvalue weighted by Crippen LogP contribution is -2.30. The molecule has 0 spiro atoms. The average Bonchev–Trinajstić information content (AvgIpc) is 2.97. The summed E-state index contributed by atoms with van der Waals surface area (Å²) >= 11 is 0. The van der Waals surface area contributed by atoms with Crippen LogP contribution < -0.4 is 5.32 Å². The van der Waals surface area contributed by atoms with Crippen LogP contribution in [0.15, 0.2) is 48.5 Å². The van der Waals surface area contributed by atoms with Crippen molar-refractivity contribution in [2.45, 2.75) is 25.8 Å². The maximum Gasteiger partial charge on any atom is 0.254 e. The molecule has 0 aromatic heterocycles. The van der Waals surface area contributed by atoms with Crippen molar-refractivity contribution in [2.75, 3.05) is 12.4 Å². The minimum Gasteiger partial charge on any atom is -0.335 e. The summed E-state index contributed by atoms with van der Waals surface area (Å²) in [6.45, 7) is 1.45. The molecule has 23 heavy (non-hydrogen) atoms. The molecule has 1 unspecified atom stereocenters. The molecule has 1 atom stereocenters. The highest BCUT2D eigenvalue weighted by Crippen LogP contribution is 2.35. The van der Waals surface area contributed by atoms with Gasteiger partial charge in [-0.1, -0.05) is 30.3 Å². The van der Waals surface area contributed by atoms with Crippen LogP contribution in [0.1, 0.15) is 40.9 Å². The summed E-state index contributed by atoms with van der Waals surface area (Å²) in [6.07, 6.45) is 1.96. The van der Waals surface area contributed by atoms with Crippen LogP contribution in [0.2, 0.25) is 0 Å². The second kappa shape index (κ2) is 6.24. The highest BCUT2D eigenvalue weighted by molar-refractivity contribution is 5.97. The molecule has 4 nitrogen and oxygen atoms in total. The minimum absolute atomic E-state index is 0.0288. The third-order valence-corrected chi connectivity index (χ3v) is 4.32. The fraction of sp³-hybridized carbons (Fsp3) is 0.263. The van der Waals surface area contributed by atoms with Gasteiger partial charge in [-0.3, -0.25) is 9.59 Å². The Bertz CT molecular complexity index is 755. The summed E-state index contributed by atoms with van der Waals surface area (Å²) in [5.74, 6) is -0.174. The van der Waals surface area contributed by atoms with Crippen molar-refractivity contribution < 1.29 is 9.59 Å². The highest BCUT2D eigenvalue weighted by atomic mass is 16.2. The van der Waals surface area contributed by atoms with E-state index in [1.807, 2.05) is 19.2 Å². The Morgan fingerprint density at radius 1 is 1.13 bits per heavy atom. The molecule has 4 heteroatoms. The number of hydrogen-bond acceptors (Lipinski definition) is 2.